The van der Waals surface area contributed by atoms with Gasteiger partial charge in [-0.05, 0) is 86.4 Å². The van der Waals surface area contributed by atoms with Gasteiger partial charge in [0.1, 0.15) is 36.6 Å². The van der Waals surface area contributed by atoms with Crippen molar-refractivity contribution in [1.82, 2.24) is 0 Å². The van der Waals surface area contributed by atoms with Crippen molar-refractivity contribution in [2.24, 2.45) is 50.7 Å². The van der Waals surface area contributed by atoms with Gasteiger partial charge in [0.25, 0.3) is 0 Å². The van der Waals surface area contributed by atoms with Gasteiger partial charge in [-0.15, -0.1) is 0 Å². The molecule has 0 amide bonds. The van der Waals surface area contributed by atoms with Gasteiger partial charge in [-0.25, -0.2) is 0 Å². The van der Waals surface area contributed by atoms with Crippen LogP contribution in [-0.2, 0) is 18.9 Å². The maximum atomic E-state index is 12.7. The van der Waals surface area contributed by atoms with E-state index in [1.807, 2.05) is 0 Å². The zero-order chi connectivity index (χ0) is 34.1. The number of hydrogen-bond donors (Lipinski definition) is 7. The summed E-state index contributed by atoms with van der Waals surface area (Å²) in [4.78, 5) is 0. The summed E-state index contributed by atoms with van der Waals surface area (Å²) in [6, 6.07) is 0. The molecule has 11 nitrogen and oxygen atoms in total. The molecule has 8 rings (SSSR count). The molecule has 2 bridgehead atoms. The van der Waals surface area contributed by atoms with Gasteiger partial charge in [0.2, 0.25) is 0 Å². The van der Waals surface area contributed by atoms with Crippen LogP contribution < -0.4 is 0 Å². The van der Waals surface area contributed by atoms with Crippen molar-refractivity contribution >= 4 is 0 Å². The Balaban J connectivity index is 1.11. The lowest BCUT2D eigenvalue weighted by Gasteiger charge is -2.64. The largest absolute Gasteiger partial charge is 0.394 e. The Morgan fingerprint density at radius 1 is 0.872 bits per heavy atom. The van der Waals surface area contributed by atoms with Crippen molar-refractivity contribution < 1.29 is 54.7 Å². The molecule has 0 unspecified atom stereocenters. The molecule has 3 spiro atoms. The molecule has 7 N–H and O–H groups in total. The summed E-state index contributed by atoms with van der Waals surface area (Å²) in [7, 11) is 0. The predicted octanol–water partition coefficient (Wildman–Crippen LogP) is 1.45. The summed E-state index contributed by atoms with van der Waals surface area (Å²) in [5, 5.41) is 77.1. The topological polar surface area (TPSA) is 179 Å². The summed E-state index contributed by atoms with van der Waals surface area (Å²) < 4.78 is 25.7. The first-order valence-corrected chi connectivity index (χ1v) is 18.2. The van der Waals surface area contributed by atoms with Crippen LogP contribution >= 0.6 is 0 Å². The second kappa shape index (κ2) is 9.91. The highest BCUT2D eigenvalue weighted by molar-refractivity contribution is 5.36. The molecule has 11 heteroatoms. The lowest BCUT2D eigenvalue weighted by Crippen LogP contribution is -2.64. The number of aliphatic hydroxyl groups is 7. The lowest BCUT2D eigenvalue weighted by molar-refractivity contribution is -0.331. The van der Waals surface area contributed by atoms with E-state index in [9.17, 15) is 35.7 Å². The van der Waals surface area contributed by atoms with Crippen LogP contribution in [0.4, 0.5) is 0 Å². The molecule has 19 atom stereocenters. The zero-order valence-electron chi connectivity index (χ0n) is 29.0. The maximum Gasteiger partial charge on any atom is 0.199 e. The molecule has 5 aliphatic carbocycles. The molecular weight excluding hydrogens is 608 g/mol. The second-order valence-electron chi connectivity index (χ2n) is 18.8. The second-order valence-corrected chi connectivity index (χ2v) is 18.8. The highest BCUT2D eigenvalue weighted by Gasteiger charge is 2.89. The van der Waals surface area contributed by atoms with E-state index in [1.54, 1.807) is 13.8 Å². The standard InChI is InChI=1S/C36H58O11/c1-16-12-17-27(31(4,5)43)47-36(46-17)26(16)32(6)10-11-34-15-35(34)19(8-9-20(34)33(32,7)29(36)42)30(2,3)22(13-21(35)38)45-28-25(41)24(40)23(39)18(14-37)44-28/h16-29,37-43H,8-15H2,1-7H3/t16-,17-,18-,19+,20-,21+,22+,23+,24+,25-,26-,27+,28+,29-,32-,33-,34+,35-,36+/m1/s1. The molecule has 0 aromatic rings. The van der Waals surface area contributed by atoms with E-state index in [-0.39, 0.29) is 46.0 Å². The molecule has 5 saturated carbocycles. The Morgan fingerprint density at radius 3 is 2.21 bits per heavy atom. The van der Waals surface area contributed by atoms with Gasteiger partial charge >= 0.3 is 0 Å². The summed E-state index contributed by atoms with van der Waals surface area (Å²) in [5.74, 6) is -0.686. The highest BCUT2D eigenvalue weighted by atomic mass is 16.8. The summed E-state index contributed by atoms with van der Waals surface area (Å²) in [6.07, 6.45) is -4.09. The van der Waals surface area contributed by atoms with E-state index in [0.717, 1.165) is 38.5 Å². The molecule has 8 aliphatic rings. The van der Waals surface area contributed by atoms with Crippen LogP contribution in [0.15, 0.2) is 0 Å². The molecule has 3 heterocycles. The summed E-state index contributed by atoms with van der Waals surface area (Å²) >= 11 is 0. The average molecular weight is 667 g/mol. The third-order valence-electron chi connectivity index (χ3n) is 16.3. The highest BCUT2D eigenvalue weighted by Crippen LogP contribution is 2.90. The molecule has 8 fully saturated rings. The number of aliphatic hydroxyl groups excluding tert-OH is 6. The van der Waals surface area contributed by atoms with E-state index in [1.165, 1.54) is 0 Å². The van der Waals surface area contributed by atoms with Crippen molar-refractivity contribution in [3.63, 3.8) is 0 Å². The molecule has 47 heavy (non-hydrogen) atoms. The first-order chi connectivity index (χ1) is 21.8. The summed E-state index contributed by atoms with van der Waals surface area (Å²) in [6.45, 7) is 14.2. The molecule has 0 radical (unpaired) electrons. The minimum atomic E-state index is -1.53. The first kappa shape index (κ1) is 33.7. The normalized spacial score (nSPS) is 62.2. The number of fused-ring (bicyclic) bond motifs is 4. The van der Waals surface area contributed by atoms with E-state index in [2.05, 4.69) is 34.6 Å². The van der Waals surface area contributed by atoms with Crippen LogP contribution in [0.1, 0.15) is 93.4 Å². The molecule has 268 valence electrons. The zero-order valence-corrected chi connectivity index (χ0v) is 29.0. The number of rotatable bonds is 4. The monoisotopic (exact) mass is 666 g/mol. The van der Waals surface area contributed by atoms with E-state index >= 15 is 0 Å². The van der Waals surface area contributed by atoms with Gasteiger partial charge in [-0.3, -0.25) is 0 Å². The minimum absolute atomic E-state index is 0.0209. The smallest absolute Gasteiger partial charge is 0.199 e. The predicted molar refractivity (Wildman–Crippen MR) is 166 cm³/mol. The van der Waals surface area contributed by atoms with Gasteiger partial charge in [0.15, 0.2) is 12.1 Å². The van der Waals surface area contributed by atoms with Crippen LogP contribution in [0.5, 0.6) is 0 Å². The fourth-order valence-corrected chi connectivity index (χ4v) is 14.2. The van der Waals surface area contributed by atoms with Gasteiger partial charge < -0.3 is 54.7 Å². The van der Waals surface area contributed by atoms with Crippen molar-refractivity contribution in [2.45, 2.75) is 166 Å². The Labute approximate surface area is 277 Å². The van der Waals surface area contributed by atoms with E-state index in [4.69, 9.17) is 18.9 Å². The third kappa shape index (κ3) is 3.76. The lowest BCUT2D eigenvalue weighted by atomic mass is 9.41. The van der Waals surface area contributed by atoms with Crippen molar-refractivity contribution in [3.8, 4) is 0 Å². The first-order valence-electron chi connectivity index (χ1n) is 18.2. The molecular formula is C36H58O11. The van der Waals surface area contributed by atoms with Crippen LogP contribution in [-0.4, -0.2) is 115 Å². The Kier molecular flexibility index (Phi) is 7.10. The van der Waals surface area contributed by atoms with E-state index < -0.39 is 83.9 Å². The maximum absolute atomic E-state index is 12.7. The van der Waals surface area contributed by atoms with E-state index in [0.29, 0.717) is 6.42 Å². The van der Waals surface area contributed by atoms with Crippen LogP contribution in [0.3, 0.4) is 0 Å². The average Bonchev–Trinajstić information content (AvgIpc) is 3.55. The Bertz CT molecular complexity index is 1290. The quantitative estimate of drug-likeness (QED) is 0.216. The minimum Gasteiger partial charge on any atom is -0.394 e. The van der Waals surface area contributed by atoms with Crippen LogP contribution in [0.2, 0.25) is 0 Å². The molecule has 0 aromatic heterocycles. The van der Waals surface area contributed by atoms with Gasteiger partial charge in [0, 0.05) is 23.2 Å². The van der Waals surface area contributed by atoms with Crippen molar-refractivity contribution in [1.29, 1.82) is 0 Å². The SMILES string of the molecule is C[C@@H]1C[C@H]2O[C@@]3(O[C@@H]2C(C)(C)O)[C@H](O)[C@@]2(C)[C@H]4CC[C@H]5C(C)(C)[C@@H](O[C@@H]6O[C@H](CO)[C@H](O)[C@H](O)[C@H]6O)C[C@H](O)[C@@]56C[C@@]46CC[C@]2(C)[C@@H]13. The molecule has 0 aromatic carbocycles. The molecule has 3 saturated heterocycles. The van der Waals surface area contributed by atoms with Gasteiger partial charge in [0.05, 0.1) is 30.5 Å². The fraction of sp³-hybridized carbons (Fsp3) is 1.00. The fourth-order valence-electron chi connectivity index (χ4n) is 14.2. The van der Waals surface area contributed by atoms with Gasteiger partial charge in [-0.2, -0.15) is 0 Å². The van der Waals surface area contributed by atoms with Gasteiger partial charge in [-0.1, -0.05) is 34.6 Å². The number of ether oxygens (including phenoxy) is 4. The van der Waals surface area contributed by atoms with Crippen molar-refractivity contribution in [3.05, 3.63) is 0 Å². The Hall–Kier alpha value is -0.440. The van der Waals surface area contributed by atoms with Crippen LogP contribution in [0, 0.1) is 50.7 Å². The third-order valence-corrected chi connectivity index (χ3v) is 16.3. The summed E-state index contributed by atoms with van der Waals surface area (Å²) in [5.41, 5.74) is -2.82. The number of hydrogen-bond acceptors (Lipinski definition) is 11. The molecule has 3 aliphatic heterocycles. The van der Waals surface area contributed by atoms with Crippen LogP contribution in [0.25, 0.3) is 0 Å². The van der Waals surface area contributed by atoms with Crippen molar-refractivity contribution in [2.75, 3.05) is 6.61 Å². The Morgan fingerprint density at radius 2 is 1.55 bits per heavy atom.